The number of aryl methyl sites for hydroxylation is 4. The van der Waals surface area contributed by atoms with Gasteiger partial charge in [-0.25, -0.2) is 34.7 Å². The molecule has 8 aliphatic rings. The van der Waals surface area contributed by atoms with Gasteiger partial charge in [0, 0.05) is 200 Å². The van der Waals surface area contributed by atoms with Crippen molar-refractivity contribution in [2.75, 3.05) is 205 Å². The molecule has 25 N–H and O–H groups in total. The summed E-state index contributed by atoms with van der Waals surface area (Å²) in [6.07, 6.45) is 37.2. The number of amides is 1. The number of likely N-dealkylation sites (tertiary alicyclic amines) is 2. The number of alkyl carbamates (subject to hydrolysis) is 1. The van der Waals surface area contributed by atoms with Crippen molar-refractivity contribution in [3.8, 4) is 0 Å². The lowest BCUT2D eigenvalue weighted by Gasteiger charge is -2.32. The van der Waals surface area contributed by atoms with Crippen molar-refractivity contribution in [2.45, 2.75) is 180 Å². The number of aromatic nitrogens is 18. The lowest BCUT2D eigenvalue weighted by molar-refractivity contribution is 0.0527. The van der Waals surface area contributed by atoms with Crippen molar-refractivity contribution in [1.82, 2.24) is 124 Å². The van der Waals surface area contributed by atoms with Crippen LogP contribution in [0.2, 0.25) is 5.02 Å². The van der Waals surface area contributed by atoms with Crippen molar-refractivity contribution >= 4 is 201 Å². The SMILES string of the molecule is CCCN1CCCC(c2nc3c(C4=CCC=C4)cnn3c(N)c2Br)C1.CCc1cnn2c(N)c(Br)c(N3CC[C@H](NCCN)C3)nc12.CCc1cnn2c(N)c(Br)c(N3CC[C@H](NCCNC(=O)OC(C)(C)C)C3)nc12.Cc1cnn2c(N)c(Br)c(N3CC[C@H](NCCN)C3)nc12.Cc1cnn2c(N)c(Cl)c(N3CC[C@H](NCCN)C3)nc12.NCCN1CCCC(c2nc3c(C4=CCC=C4)cnn3c(N)c2Br)C1. The molecule has 12 aromatic heterocycles. The number of hydrogen-bond donors (Lipinski definition) is 15. The van der Waals surface area contributed by atoms with Crippen LogP contribution in [-0.4, -0.2) is 284 Å². The van der Waals surface area contributed by atoms with Crippen LogP contribution >= 0.6 is 91.3 Å². The summed E-state index contributed by atoms with van der Waals surface area (Å²) in [7, 11) is 0. The Morgan fingerprint density at radius 2 is 0.776 bits per heavy atom. The molecule has 6 fully saturated rings. The minimum absolute atomic E-state index is 0.317. The summed E-state index contributed by atoms with van der Waals surface area (Å²) in [6.45, 7) is 35.9. The van der Waals surface area contributed by atoms with E-state index in [4.69, 9.17) is 98.6 Å². The largest absolute Gasteiger partial charge is 0.444 e. The van der Waals surface area contributed by atoms with Gasteiger partial charge in [0.2, 0.25) is 0 Å². The van der Waals surface area contributed by atoms with E-state index in [1.165, 1.54) is 30.5 Å². The highest BCUT2D eigenvalue weighted by molar-refractivity contribution is 9.11. The van der Waals surface area contributed by atoms with Crippen LogP contribution in [0.4, 0.5) is 63.0 Å². The molecule has 6 aliphatic heterocycles. The zero-order valence-corrected chi connectivity index (χ0v) is 91.6. The van der Waals surface area contributed by atoms with Gasteiger partial charge in [-0.05, 0) is 229 Å². The molecule has 0 spiro atoms. The Morgan fingerprint density at radius 1 is 0.420 bits per heavy atom. The summed E-state index contributed by atoms with van der Waals surface area (Å²) in [6, 6.07) is 1.63. The first-order valence-electron chi connectivity index (χ1n) is 49.7. The van der Waals surface area contributed by atoms with Crippen LogP contribution in [0.25, 0.3) is 45.0 Å². The van der Waals surface area contributed by atoms with Gasteiger partial charge in [-0.3, -0.25) is 0 Å². The first kappa shape index (κ1) is 107. The van der Waals surface area contributed by atoms with Crippen LogP contribution < -0.4 is 104 Å². The zero-order chi connectivity index (χ0) is 102. The molecule has 2 aliphatic carbocycles. The van der Waals surface area contributed by atoms with Crippen molar-refractivity contribution in [3.05, 3.63) is 146 Å². The Bertz CT molecular complexity index is 6300. The Morgan fingerprint density at radius 3 is 1.16 bits per heavy atom. The molecule has 18 heterocycles. The van der Waals surface area contributed by atoms with Gasteiger partial charge in [-0.2, -0.15) is 57.7 Å². The predicted molar refractivity (Wildman–Crippen MR) is 592 cm³/mol. The molecule has 6 atom stereocenters. The fourth-order valence-electron chi connectivity index (χ4n) is 19.4. The molecule has 143 heavy (non-hydrogen) atoms. The Kier molecular flexibility index (Phi) is 37.0. The summed E-state index contributed by atoms with van der Waals surface area (Å²) < 4.78 is 19.5. The van der Waals surface area contributed by atoms with Gasteiger partial charge in [-0.15, -0.1) is 0 Å². The first-order chi connectivity index (χ1) is 68.9. The maximum atomic E-state index is 11.7. The average molecular weight is 2310 g/mol. The number of fused-ring (bicyclic) bond motifs is 6. The quantitative estimate of drug-likeness (QED) is 0.0213. The molecule has 0 bridgehead atoms. The number of anilines is 10. The molecule has 0 saturated carbocycles. The third-order valence-corrected chi connectivity index (χ3v) is 31.1. The zero-order valence-electron chi connectivity index (χ0n) is 82.9. The van der Waals surface area contributed by atoms with Crippen molar-refractivity contribution in [2.24, 2.45) is 22.9 Å². The molecular formula is C96H139Br5ClN39O2. The van der Waals surface area contributed by atoms with E-state index in [-0.39, 0.29) is 0 Å². The smallest absolute Gasteiger partial charge is 0.407 e. The third kappa shape index (κ3) is 24.9. The highest BCUT2D eigenvalue weighted by Crippen LogP contribution is 2.43. The highest BCUT2D eigenvalue weighted by Gasteiger charge is 2.35. The number of carbonyl (C=O) groups excluding carboxylic acids is 1. The minimum atomic E-state index is -0.486. The molecule has 2 unspecified atom stereocenters. The number of halogens is 6. The fourth-order valence-corrected chi connectivity index (χ4v) is 22.4. The molecule has 20 rings (SSSR count). The lowest BCUT2D eigenvalue weighted by atomic mass is 9.94. The number of nitrogens with two attached hydrogens (primary N) is 10. The van der Waals surface area contributed by atoms with Crippen LogP contribution in [0.15, 0.2) is 96.0 Å². The number of carbonyl (C=O) groups is 1. The molecule has 6 saturated heterocycles. The summed E-state index contributed by atoms with van der Waals surface area (Å²) in [5.41, 5.74) is 75.1. The van der Waals surface area contributed by atoms with E-state index < -0.39 is 11.7 Å². The number of nitrogens with one attached hydrogen (secondary N) is 5. The van der Waals surface area contributed by atoms with Gasteiger partial charge in [0.15, 0.2) is 39.7 Å². The molecule has 47 heteroatoms. The molecule has 0 aromatic carbocycles. The number of rotatable bonds is 27. The maximum absolute atomic E-state index is 11.7. The normalized spacial score (nSPS) is 19.3. The second kappa shape index (κ2) is 49.2. The van der Waals surface area contributed by atoms with E-state index in [9.17, 15) is 4.79 Å². The number of hydrogen-bond acceptors (Lipinski definition) is 34. The number of ether oxygens (including phenoxy) is 1. The van der Waals surface area contributed by atoms with Crippen LogP contribution in [0.5, 0.6) is 0 Å². The van der Waals surface area contributed by atoms with Gasteiger partial charge >= 0.3 is 6.09 Å². The fraction of sp³-hybridized carbons (Fsp3) is 0.531. The van der Waals surface area contributed by atoms with E-state index in [0.717, 1.165) is 300 Å². The first-order valence-corrected chi connectivity index (χ1v) is 54.1. The van der Waals surface area contributed by atoms with E-state index in [1.54, 1.807) is 39.5 Å². The van der Waals surface area contributed by atoms with Gasteiger partial charge < -0.3 is 118 Å². The van der Waals surface area contributed by atoms with E-state index in [1.807, 2.05) is 59.4 Å². The number of allylic oxidation sites excluding steroid dienone is 8. The molecule has 41 nitrogen and oxygen atoms in total. The van der Waals surface area contributed by atoms with E-state index >= 15 is 0 Å². The topological polar surface area (TPSA) is 547 Å². The Balaban J connectivity index is 0.000000130. The van der Waals surface area contributed by atoms with Gasteiger partial charge in [-0.1, -0.05) is 68.8 Å². The molecular weight excluding hydrogens is 2170 g/mol. The minimum Gasteiger partial charge on any atom is -0.444 e. The highest BCUT2D eigenvalue weighted by atomic mass is 79.9. The Labute approximate surface area is 881 Å². The maximum Gasteiger partial charge on any atom is 0.407 e. The average Bonchev–Trinajstić information content (AvgIpc) is 1.64. The van der Waals surface area contributed by atoms with E-state index in [0.29, 0.717) is 115 Å². The van der Waals surface area contributed by atoms with Gasteiger partial charge in [0.1, 0.15) is 76.4 Å². The standard InChI is InChI=1S/C19H30BrN7O2.C19H24BrN5.C18H23BrN6.C14H22BrN7.C13H20BrN7.C13H20ClN7/c1-5-12-10-24-27-15(21)14(20)17(25-16(12)27)26-9-6-13(11-26)22-7-8-23-18(28)29-19(2,3)4;1-2-9-24-10-5-8-14(12-24)17-16(20)18(21)25-19(23-17)15(11-22-25)13-6-3-4-7-13;19-15-16(13-6-3-8-24(11-13)9-7-20)23-18-14(12-4-1-2-5-12)10-22-25(18)17(15)21;1-2-9-7-19-22-12(17)11(15)14(20-13(9)22)21-6-3-10(8-21)18-5-4-16;2*1-8-6-18-21-11(16)10(14)13(19-12(8)21)20-5-2-9(7-20)17-4-3-15/h10,13,22H,5-9,11,21H2,1-4H3,(H,23,28);3,6-7,11,14H,2,4-5,8-10,12,21H2,1H3;1,4-5,10,13H,2-3,6-9,11,20-21H2;7,10,18H,2-6,8,16-17H2,1H3;2*6,9,17H,2-5,7,15-16H2,1H3/t13-;;;10-;2*9-/m0..000/s1. The van der Waals surface area contributed by atoms with Crippen molar-refractivity contribution in [3.63, 3.8) is 0 Å². The predicted octanol–water partition coefficient (Wildman–Crippen LogP) is 10.6. The Hall–Kier alpha value is -9.76. The van der Waals surface area contributed by atoms with Crippen molar-refractivity contribution < 1.29 is 9.53 Å². The second-order valence-electron chi connectivity index (χ2n) is 38.2. The lowest BCUT2D eigenvalue weighted by Crippen LogP contribution is -2.40. The monoisotopic (exact) mass is 2300 g/mol. The van der Waals surface area contributed by atoms with Crippen molar-refractivity contribution in [1.29, 1.82) is 0 Å². The summed E-state index contributed by atoms with van der Waals surface area (Å²) in [4.78, 5) is 54.6. The van der Waals surface area contributed by atoms with Crippen LogP contribution in [0, 0.1) is 13.8 Å². The van der Waals surface area contributed by atoms with Gasteiger partial charge in [0.25, 0.3) is 0 Å². The number of nitrogens with zero attached hydrogens (tertiary/aromatic N) is 24. The molecule has 1 amide bonds. The number of piperidine rings is 2. The van der Waals surface area contributed by atoms with Gasteiger partial charge in [0.05, 0.1) is 57.5 Å². The molecule has 0 radical (unpaired) electrons. The van der Waals surface area contributed by atoms with E-state index in [2.05, 4.69) is 228 Å². The summed E-state index contributed by atoms with van der Waals surface area (Å²) in [5.74, 6) is 7.58. The summed E-state index contributed by atoms with van der Waals surface area (Å²) in [5, 5.41) is 43.1. The van der Waals surface area contributed by atoms with Crippen LogP contribution in [0.3, 0.4) is 0 Å². The molecule has 772 valence electrons. The molecule has 12 aromatic rings. The third-order valence-electron chi connectivity index (χ3n) is 26.8. The van der Waals surface area contributed by atoms with Crippen LogP contribution in [-0.2, 0) is 17.6 Å². The second-order valence-corrected chi connectivity index (χ2v) is 42.5. The number of nitrogen functional groups attached to an aromatic ring is 6. The summed E-state index contributed by atoms with van der Waals surface area (Å²) >= 11 is 24.5. The van der Waals surface area contributed by atoms with Crippen LogP contribution in [0.1, 0.15) is 169 Å².